The van der Waals surface area contributed by atoms with E-state index in [0.717, 1.165) is 11.3 Å². The van der Waals surface area contributed by atoms with Gasteiger partial charge in [0.15, 0.2) is 0 Å². The molecule has 2 N–H and O–H groups in total. The Labute approximate surface area is 93.2 Å². The van der Waals surface area contributed by atoms with E-state index in [1.54, 1.807) is 6.07 Å². The molecular formula is C7H4Cl2N2O2S. The average molecular weight is 251 g/mol. The maximum Gasteiger partial charge on any atom is 0.322 e. The average Bonchev–Trinajstić information content (AvgIpc) is 2.55. The second kappa shape index (κ2) is 3.42. The second-order valence-electron chi connectivity index (χ2n) is 2.68. The van der Waals surface area contributed by atoms with Crippen molar-refractivity contribution < 1.29 is 9.59 Å². The minimum absolute atomic E-state index is 0.411. The molecule has 1 fully saturated rings. The largest absolute Gasteiger partial charge is 0.322 e. The van der Waals surface area contributed by atoms with Crippen LogP contribution in [0, 0.1) is 0 Å². The van der Waals surface area contributed by atoms with Crippen LogP contribution >= 0.6 is 34.5 Å². The number of carbonyl (C=O) groups excluding carboxylic acids is 2. The van der Waals surface area contributed by atoms with E-state index in [1.165, 1.54) is 0 Å². The molecular weight excluding hydrogens is 247 g/mol. The van der Waals surface area contributed by atoms with Crippen molar-refractivity contribution in [2.75, 3.05) is 0 Å². The van der Waals surface area contributed by atoms with Gasteiger partial charge in [-0.1, -0.05) is 23.2 Å². The van der Waals surface area contributed by atoms with Crippen LogP contribution in [0.1, 0.15) is 11.6 Å². The Kier molecular flexibility index (Phi) is 2.38. The predicted octanol–water partition coefficient (Wildman–Crippen LogP) is 1.94. The first-order valence-electron chi connectivity index (χ1n) is 3.64. The molecule has 1 atom stereocenters. The number of halogens is 2. The summed E-state index contributed by atoms with van der Waals surface area (Å²) in [4.78, 5) is 22.1. The first kappa shape index (κ1) is 9.76. The van der Waals surface area contributed by atoms with Gasteiger partial charge in [-0.15, -0.1) is 11.3 Å². The van der Waals surface area contributed by atoms with Crippen LogP contribution in [0.3, 0.4) is 0 Å². The van der Waals surface area contributed by atoms with Gasteiger partial charge >= 0.3 is 6.03 Å². The van der Waals surface area contributed by atoms with Crippen LogP contribution in [0.5, 0.6) is 0 Å². The van der Waals surface area contributed by atoms with Gasteiger partial charge in [0, 0.05) is 5.56 Å². The molecule has 1 aliphatic rings. The Balaban J connectivity index is 2.36. The summed E-state index contributed by atoms with van der Waals surface area (Å²) >= 11 is 12.7. The van der Waals surface area contributed by atoms with Crippen LogP contribution in [0.15, 0.2) is 6.07 Å². The Morgan fingerprint density at radius 1 is 1.36 bits per heavy atom. The van der Waals surface area contributed by atoms with Crippen LogP contribution in [0.25, 0.3) is 0 Å². The molecule has 0 saturated carbocycles. The molecule has 74 valence electrons. The maximum atomic E-state index is 11.3. The Morgan fingerprint density at radius 2 is 2.07 bits per heavy atom. The molecule has 2 heterocycles. The summed E-state index contributed by atoms with van der Waals surface area (Å²) in [6, 6.07) is 0.335. The molecule has 1 aromatic rings. The summed E-state index contributed by atoms with van der Waals surface area (Å²) in [7, 11) is 0. The van der Waals surface area contributed by atoms with Gasteiger partial charge in [0.1, 0.15) is 10.4 Å². The van der Waals surface area contributed by atoms with E-state index < -0.39 is 18.0 Å². The van der Waals surface area contributed by atoms with Crippen LogP contribution < -0.4 is 10.6 Å². The highest BCUT2D eigenvalue weighted by atomic mass is 35.5. The maximum absolute atomic E-state index is 11.3. The first-order chi connectivity index (χ1) is 6.58. The summed E-state index contributed by atoms with van der Waals surface area (Å²) in [6.07, 6.45) is 0. The van der Waals surface area contributed by atoms with Crippen molar-refractivity contribution in [2.45, 2.75) is 6.04 Å². The van der Waals surface area contributed by atoms with Crippen molar-refractivity contribution in [3.8, 4) is 0 Å². The third-order valence-corrected chi connectivity index (χ3v) is 3.29. The van der Waals surface area contributed by atoms with Crippen molar-refractivity contribution in [2.24, 2.45) is 0 Å². The van der Waals surface area contributed by atoms with Crippen molar-refractivity contribution in [3.63, 3.8) is 0 Å². The number of rotatable bonds is 1. The summed E-state index contributed by atoms with van der Waals surface area (Å²) in [5.74, 6) is -0.411. The lowest BCUT2D eigenvalue weighted by atomic mass is 10.1. The smallest absolute Gasteiger partial charge is 0.322 e. The minimum Gasteiger partial charge on any atom is -0.322 e. The Bertz CT molecular complexity index is 418. The third kappa shape index (κ3) is 1.58. The number of urea groups is 1. The zero-order valence-corrected chi connectivity index (χ0v) is 8.96. The van der Waals surface area contributed by atoms with Gasteiger partial charge < -0.3 is 5.32 Å². The zero-order valence-electron chi connectivity index (χ0n) is 6.64. The number of amides is 3. The summed E-state index contributed by atoms with van der Waals surface area (Å²) in [5, 5.41) is 4.55. The van der Waals surface area contributed by atoms with E-state index in [1.807, 2.05) is 0 Å². The minimum atomic E-state index is -0.723. The van der Waals surface area contributed by atoms with Crippen LogP contribution in [-0.4, -0.2) is 11.9 Å². The summed E-state index contributed by atoms with van der Waals surface area (Å²) in [5.41, 5.74) is 0.532. The molecule has 0 spiro atoms. The van der Waals surface area contributed by atoms with E-state index in [0.29, 0.717) is 14.2 Å². The fourth-order valence-corrected chi connectivity index (χ4v) is 2.72. The fourth-order valence-electron chi connectivity index (χ4n) is 1.19. The van der Waals surface area contributed by atoms with E-state index >= 15 is 0 Å². The Hall–Kier alpha value is -0.780. The number of carbonyl (C=O) groups is 2. The van der Waals surface area contributed by atoms with Gasteiger partial charge in [0.05, 0.1) is 4.34 Å². The molecule has 4 nitrogen and oxygen atoms in total. The molecule has 0 aliphatic carbocycles. The van der Waals surface area contributed by atoms with Gasteiger partial charge in [-0.05, 0) is 6.07 Å². The Morgan fingerprint density at radius 3 is 2.50 bits per heavy atom. The van der Waals surface area contributed by atoms with Crippen LogP contribution in [0.4, 0.5) is 4.79 Å². The van der Waals surface area contributed by atoms with Gasteiger partial charge in [-0.3, -0.25) is 10.1 Å². The zero-order chi connectivity index (χ0) is 10.3. The molecule has 14 heavy (non-hydrogen) atoms. The fraction of sp³-hybridized carbons (Fsp3) is 0.143. The lowest BCUT2D eigenvalue weighted by Crippen LogP contribution is -2.22. The SMILES string of the molecule is O=C1NC(=O)C(c2cc(Cl)sc2Cl)N1. The first-order valence-corrected chi connectivity index (χ1v) is 5.21. The predicted molar refractivity (Wildman–Crippen MR) is 53.8 cm³/mol. The number of thiophene rings is 1. The molecule has 1 saturated heterocycles. The van der Waals surface area contributed by atoms with Gasteiger partial charge in [0.25, 0.3) is 5.91 Å². The highest BCUT2D eigenvalue weighted by Crippen LogP contribution is 2.35. The standard InChI is InChI=1S/C7H4Cl2N2O2S/c8-3-1-2(5(9)14-3)4-6(12)11-7(13)10-4/h1,4H,(H2,10,11,12,13). The van der Waals surface area contributed by atoms with Crippen molar-refractivity contribution in [3.05, 3.63) is 20.3 Å². The monoisotopic (exact) mass is 250 g/mol. The van der Waals surface area contributed by atoms with Crippen molar-refractivity contribution in [1.82, 2.24) is 10.6 Å². The topological polar surface area (TPSA) is 58.2 Å². The van der Waals surface area contributed by atoms with E-state index in [-0.39, 0.29) is 0 Å². The normalized spacial score (nSPS) is 20.9. The van der Waals surface area contributed by atoms with Gasteiger partial charge in [0.2, 0.25) is 0 Å². The molecule has 2 rings (SSSR count). The number of imide groups is 1. The molecule has 3 amide bonds. The number of hydrogen-bond acceptors (Lipinski definition) is 3. The quantitative estimate of drug-likeness (QED) is 0.749. The van der Waals surface area contributed by atoms with Crippen molar-refractivity contribution in [1.29, 1.82) is 0 Å². The van der Waals surface area contributed by atoms with E-state index in [4.69, 9.17) is 23.2 Å². The summed E-state index contributed by atoms with van der Waals surface area (Å²) in [6.45, 7) is 0. The lowest BCUT2D eigenvalue weighted by Gasteiger charge is -2.03. The second-order valence-corrected chi connectivity index (χ2v) is 4.96. The highest BCUT2D eigenvalue weighted by Gasteiger charge is 2.33. The van der Waals surface area contributed by atoms with Crippen LogP contribution in [-0.2, 0) is 4.79 Å². The van der Waals surface area contributed by atoms with Crippen LogP contribution in [0.2, 0.25) is 8.67 Å². The van der Waals surface area contributed by atoms with E-state index in [2.05, 4.69) is 10.6 Å². The highest BCUT2D eigenvalue weighted by molar-refractivity contribution is 7.20. The summed E-state index contributed by atoms with van der Waals surface area (Å²) < 4.78 is 0.899. The molecule has 0 bridgehead atoms. The van der Waals surface area contributed by atoms with Gasteiger partial charge in [-0.2, -0.15) is 0 Å². The number of hydrogen-bond donors (Lipinski definition) is 2. The van der Waals surface area contributed by atoms with Crippen molar-refractivity contribution >= 4 is 46.5 Å². The molecule has 1 unspecified atom stereocenters. The van der Waals surface area contributed by atoms with E-state index in [9.17, 15) is 9.59 Å². The molecule has 1 aromatic heterocycles. The third-order valence-electron chi connectivity index (χ3n) is 1.77. The van der Waals surface area contributed by atoms with Gasteiger partial charge in [-0.25, -0.2) is 4.79 Å². The molecule has 0 radical (unpaired) electrons. The molecule has 0 aromatic carbocycles. The lowest BCUT2D eigenvalue weighted by molar-refractivity contribution is -0.120. The number of nitrogens with one attached hydrogen (secondary N) is 2. The molecule has 1 aliphatic heterocycles. The molecule has 7 heteroatoms.